The van der Waals surface area contributed by atoms with Crippen LogP contribution in [0.1, 0.15) is 40.6 Å². The van der Waals surface area contributed by atoms with Crippen molar-refractivity contribution in [1.29, 1.82) is 0 Å². The molecule has 0 saturated carbocycles. The van der Waals surface area contributed by atoms with Crippen molar-refractivity contribution in [3.8, 4) is 0 Å². The predicted octanol–water partition coefficient (Wildman–Crippen LogP) is 3.45. The summed E-state index contributed by atoms with van der Waals surface area (Å²) >= 11 is 6.02. The summed E-state index contributed by atoms with van der Waals surface area (Å²) in [6, 6.07) is 13.4. The Kier molecular flexibility index (Phi) is 6.61. The third-order valence-corrected chi connectivity index (χ3v) is 4.88. The summed E-state index contributed by atoms with van der Waals surface area (Å²) in [5.41, 5.74) is 2.32. The van der Waals surface area contributed by atoms with Crippen molar-refractivity contribution in [3.05, 3.63) is 64.4 Å². The highest BCUT2D eigenvalue weighted by atomic mass is 35.5. The number of nitrogens with one attached hydrogen (secondary N) is 1. The van der Waals surface area contributed by atoms with E-state index in [-0.39, 0.29) is 11.9 Å². The van der Waals surface area contributed by atoms with E-state index in [9.17, 15) is 4.79 Å². The zero-order valence-electron chi connectivity index (χ0n) is 15.0. The second-order valence-corrected chi connectivity index (χ2v) is 6.90. The number of methoxy groups -OCH3 is 1. The average molecular weight is 374 g/mol. The molecular formula is C20H24ClN3O2. The molecule has 26 heavy (non-hydrogen) atoms. The van der Waals surface area contributed by atoms with Gasteiger partial charge in [-0.3, -0.25) is 9.69 Å². The van der Waals surface area contributed by atoms with Gasteiger partial charge in [0.1, 0.15) is 5.69 Å². The van der Waals surface area contributed by atoms with Crippen LogP contribution in [0.25, 0.3) is 0 Å². The molecule has 1 amide bonds. The van der Waals surface area contributed by atoms with Crippen LogP contribution in [0, 0.1) is 0 Å². The van der Waals surface area contributed by atoms with Crippen LogP contribution in [0.5, 0.6) is 0 Å². The highest BCUT2D eigenvalue weighted by Crippen LogP contribution is 2.25. The Morgan fingerprint density at radius 3 is 2.65 bits per heavy atom. The first-order valence-corrected chi connectivity index (χ1v) is 9.28. The van der Waals surface area contributed by atoms with Crippen LogP contribution < -0.4 is 5.32 Å². The second kappa shape index (κ2) is 9.12. The van der Waals surface area contributed by atoms with Crippen LogP contribution in [0.4, 0.5) is 0 Å². The minimum Gasteiger partial charge on any atom is -0.378 e. The quantitative estimate of drug-likeness (QED) is 0.807. The van der Waals surface area contributed by atoms with E-state index in [0.717, 1.165) is 29.4 Å². The Balaban J connectivity index is 1.70. The summed E-state index contributed by atoms with van der Waals surface area (Å²) in [6.45, 7) is 3.02. The zero-order chi connectivity index (χ0) is 18.4. The Bertz CT molecular complexity index is 730. The smallest absolute Gasteiger partial charge is 0.269 e. The molecule has 2 heterocycles. The van der Waals surface area contributed by atoms with Gasteiger partial charge in [-0.25, -0.2) is 4.98 Å². The van der Waals surface area contributed by atoms with Crippen LogP contribution in [0.3, 0.4) is 0 Å². The van der Waals surface area contributed by atoms with Crippen molar-refractivity contribution in [3.63, 3.8) is 0 Å². The summed E-state index contributed by atoms with van der Waals surface area (Å²) in [4.78, 5) is 19.3. The van der Waals surface area contributed by atoms with Gasteiger partial charge in [0, 0.05) is 18.7 Å². The van der Waals surface area contributed by atoms with E-state index in [1.807, 2.05) is 36.4 Å². The van der Waals surface area contributed by atoms with E-state index in [1.165, 1.54) is 12.8 Å². The van der Waals surface area contributed by atoms with Crippen LogP contribution in [-0.4, -0.2) is 42.5 Å². The molecule has 138 valence electrons. The summed E-state index contributed by atoms with van der Waals surface area (Å²) in [6.07, 6.45) is 2.39. The van der Waals surface area contributed by atoms with Crippen LogP contribution >= 0.6 is 11.6 Å². The van der Waals surface area contributed by atoms with Gasteiger partial charge in [-0.15, -0.1) is 0 Å². The number of nitrogens with zero attached hydrogens (tertiary/aromatic N) is 2. The lowest BCUT2D eigenvalue weighted by Crippen LogP contribution is -2.37. The topological polar surface area (TPSA) is 54.5 Å². The Morgan fingerprint density at radius 1 is 1.23 bits per heavy atom. The van der Waals surface area contributed by atoms with Gasteiger partial charge in [-0.05, 0) is 55.8 Å². The maximum Gasteiger partial charge on any atom is 0.269 e. The Morgan fingerprint density at radius 2 is 1.96 bits per heavy atom. The second-order valence-electron chi connectivity index (χ2n) is 6.47. The first-order chi connectivity index (χ1) is 12.7. The first-order valence-electron chi connectivity index (χ1n) is 8.90. The van der Waals surface area contributed by atoms with Crippen LogP contribution in [-0.2, 0) is 11.3 Å². The maximum absolute atomic E-state index is 12.6. The minimum atomic E-state index is -0.166. The van der Waals surface area contributed by atoms with E-state index < -0.39 is 0 Å². The number of likely N-dealkylation sites (tertiary alicyclic amines) is 1. The van der Waals surface area contributed by atoms with E-state index in [2.05, 4.69) is 15.2 Å². The normalized spacial score (nSPS) is 15.8. The molecule has 0 aliphatic carbocycles. The summed E-state index contributed by atoms with van der Waals surface area (Å²) in [5.74, 6) is -0.166. The zero-order valence-corrected chi connectivity index (χ0v) is 15.7. The third kappa shape index (κ3) is 4.81. The number of amides is 1. The van der Waals surface area contributed by atoms with E-state index in [1.54, 1.807) is 13.2 Å². The number of rotatable bonds is 7. The predicted molar refractivity (Wildman–Crippen MR) is 102 cm³/mol. The molecule has 1 atom stereocenters. The van der Waals surface area contributed by atoms with E-state index in [4.69, 9.17) is 16.3 Å². The molecule has 1 aliphatic rings. The van der Waals surface area contributed by atoms with Crippen molar-refractivity contribution < 1.29 is 9.53 Å². The Hall–Kier alpha value is -1.95. The monoisotopic (exact) mass is 373 g/mol. The molecule has 3 rings (SSSR count). The molecule has 0 radical (unpaired) electrons. The minimum absolute atomic E-state index is 0.140. The van der Waals surface area contributed by atoms with Crippen LogP contribution in [0.2, 0.25) is 5.02 Å². The highest BCUT2D eigenvalue weighted by Gasteiger charge is 2.24. The third-order valence-electron chi connectivity index (χ3n) is 4.62. The maximum atomic E-state index is 12.6. The molecule has 1 aromatic heterocycles. The highest BCUT2D eigenvalue weighted by molar-refractivity contribution is 6.30. The number of pyridine rings is 1. The van der Waals surface area contributed by atoms with Gasteiger partial charge < -0.3 is 10.1 Å². The number of benzene rings is 1. The summed E-state index contributed by atoms with van der Waals surface area (Å²) in [5, 5.41) is 3.76. The Labute approximate surface area is 159 Å². The van der Waals surface area contributed by atoms with Crippen molar-refractivity contribution in [1.82, 2.24) is 15.2 Å². The number of aromatic nitrogens is 1. The number of carbonyl (C=O) groups excluding carboxylic acids is 1. The molecular weight excluding hydrogens is 350 g/mol. The van der Waals surface area contributed by atoms with Crippen molar-refractivity contribution in [2.75, 3.05) is 26.7 Å². The van der Waals surface area contributed by atoms with E-state index >= 15 is 0 Å². The number of hydrogen-bond donors (Lipinski definition) is 1. The number of hydrogen-bond acceptors (Lipinski definition) is 4. The lowest BCUT2D eigenvalue weighted by molar-refractivity contribution is 0.0932. The molecule has 1 aromatic carbocycles. The van der Waals surface area contributed by atoms with Crippen molar-refractivity contribution >= 4 is 17.5 Å². The standard InChI is InChI=1S/C20H24ClN3O2/c1-26-14-17-5-4-6-18(23-17)20(25)22-13-19(24-11-2-3-12-24)15-7-9-16(21)10-8-15/h4-10,19H,2-3,11-14H2,1H3,(H,22,25)/t19-/m0/s1. The molecule has 1 saturated heterocycles. The number of halogens is 1. The van der Waals surface area contributed by atoms with Gasteiger partial charge in [0.25, 0.3) is 5.91 Å². The van der Waals surface area contributed by atoms with Crippen LogP contribution in [0.15, 0.2) is 42.5 Å². The molecule has 1 fully saturated rings. The number of ether oxygens (including phenoxy) is 1. The molecule has 5 nitrogen and oxygen atoms in total. The van der Waals surface area contributed by atoms with E-state index in [0.29, 0.717) is 18.8 Å². The fourth-order valence-corrected chi connectivity index (χ4v) is 3.44. The lowest BCUT2D eigenvalue weighted by Gasteiger charge is -2.28. The van der Waals surface area contributed by atoms with Gasteiger partial charge in [-0.2, -0.15) is 0 Å². The fourth-order valence-electron chi connectivity index (χ4n) is 3.31. The summed E-state index contributed by atoms with van der Waals surface area (Å²) < 4.78 is 5.08. The van der Waals surface area contributed by atoms with Crippen molar-refractivity contribution in [2.45, 2.75) is 25.5 Å². The van der Waals surface area contributed by atoms with Gasteiger partial charge in [-0.1, -0.05) is 29.8 Å². The largest absolute Gasteiger partial charge is 0.378 e. The molecule has 0 bridgehead atoms. The molecule has 0 unspecified atom stereocenters. The van der Waals surface area contributed by atoms with Crippen molar-refractivity contribution in [2.24, 2.45) is 0 Å². The number of carbonyl (C=O) groups is 1. The average Bonchev–Trinajstić information content (AvgIpc) is 3.18. The SMILES string of the molecule is COCc1cccc(C(=O)NC[C@@H](c2ccc(Cl)cc2)N2CCCC2)n1. The fraction of sp³-hybridized carbons (Fsp3) is 0.400. The summed E-state index contributed by atoms with van der Waals surface area (Å²) in [7, 11) is 1.61. The van der Waals surface area contributed by atoms with Gasteiger partial charge >= 0.3 is 0 Å². The molecule has 6 heteroatoms. The van der Waals surface area contributed by atoms with Gasteiger partial charge in [0.15, 0.2) is 0 Å². The molecule has 0 spiro atoms. The first kappa shape index (κ1) is 18.8. The molecule has 1 N–H and O–H groups in total. The van der Waals surface area contributed by atoms with Gasteiger partial charge in [0.2, 0.25) is 0 Å². The van der Waals surface area contributed by atoms with Gasteiger partial charge in [0.05, 0.1) is 18.3 Å². The molecule has 2 aromatic rings. The molecule has 1 aliphatic heterocycles. The lowest BCUT2D eigenvalue weighted by atomic mass is 10.1.